The quantitative estimate of drug-likeness (QED) is 0.183. The first-order chi connectivity index (χ1) is 23.7. The Kier molecular flexibility index (Phi) is 6.59. The highest BCUT2D eigenvalue weighted by Crippen LogP contribution is 2.46. The Labute approximate surface area is 279 Å². The minimum atomic E-state index is 0.662. The Balaban J connectivity index is 1.42. The van der Waals surface area contributed by atoms with Crippen molar-refractivity contribution in [1.29, 1.82) is 5.26 Å². The van der Waals surface area contributed by atoms with Gasteiger partial charge >= 0.3 is 0 Å². The van der Waals surface area contributed by atoms with Crippen LogP contribution in [0.4, 0.5) is 0 Å². The average molecular weight is 608 g/mol. The second-order valence-electron chi connectivity index (χ2n) is 12.4. The van der Waals surface area contributed by atoms with Crippen LogP contribution in [-0.2, 0) is 0 Å². The molecular formula is C47H29N. The van der Waals surface area contributed by atoms with Gasteiger partial charge < -0.3 is 0 Å². The van der Waals surface area contributed by atoms with Crippen LogP contribution >= 0.6 is 0 Å². The van der Waals surface area contributed by atoms with Crippen LogP contribution in [0.5, 0.6) is 0 Å². The molecule has 0 radical (unpaired) electrons. The molecule has 0 aliphatic rings. The second-order valence-corrected chi connectivity index (χ2v) is 12.4. The lowest BCUT2D eigenvalue weighted by Gasteiger charge is -2.20. The summed E-state index contributed by atoms with van der Waals surface area (Å²) >= 11 is 0. The van der Waals surface area contributed by atoms with Gasteiger partial charge in [-0.2, -0.15) is 5.26 Å². The Bertz CT molecular complexity index is 2710. The Hall–Kier alpha value is -6.49. The molecule has 0 fully saturated rings. The molecule has 48 heavy (non-hydrogen) atoms. The molecule has 1 heteroatoms. The third-order valence-corrected chi connectivity index (χ3v) is 9.65. The van der Waals surface area contributed by atoms with Crippen molar-refractivity contribution in [3.63, 3.8) is 0 Å². The van der Waals surface area contributed by atoms with Gasteiger partial charge in [-0.15, -0.1) is 0 Å². The lowest BCUT2D eigenvalue weighted by Crippen LogP contribution is -1.93. The van der Waals surface area contributed by atoms with Crippen LogP contribution in [0.25, 0.3) is 87.6 Å². The molecule has 9 rings (SSSR count). The number of nitriles is 1. The summed E-state index contributed by atoms with van der Waals surface area (Å²) < 4.78 is 0. The van der Waals surface area contributed by atoms with Crippen molar-refractivity contribution in [2.24, 2.45) is 0 Å². The summed E-state index contributed by atoms with van der Waals surface area (Å²) in [5.74, 6) is 0. The molecule has 0 aromatic heterocycles. The van der Waals surface area contributed by atoms with Crippen molar-refractivity contribution in [2.75, 3.05) is 0 Å². The fourth-order valence-electron chi connectivity index (χ4n) is 7.27. The number of hydrogen-bond donors (Lipinski definition) is 0. The van der Waals surface area contributed by atoms with Gasteiger partial charge in [0.05, 0.1) is 11.6 Å². The molecule has 0 aliphatic carbocycles. The van der Waals surface area contributed by atoms with Gasteiger partial charge in [-0.3, -0.25) is 0 Å². The molecule has 0 saturated carbocycles. The predicted molar refractivity (Wildman–Crippen MR) is 203 cm³/mol. The van der Waals surface area contributed by atoms with Crippen LogP contribution in [0.2, 0.25) is 0 Å². The Morgan fingerprint density at radius 1 is 0.292 bits per heavy atom. The molecule has 0 unspecified atom stereocenters. The molecule has 0 atom stereocenters. The van der Waals surface area contributed by atoms with Crippen molar-refractivity contribution < 1.29 is 0 Å². The summed E-state index contributed by atoms with van der Waals surface area (Å²) in [5, 5.41) is 19.2. The SMILES string of the molecule is N#Cc1ccc(-c2ccc3c(-c4ccc5ccccc5c4)c4cc(-c5ccccc5)ccc4c(-c4ccc5ccccc5c4)c3c2)cc1. The molecule has 1 nitrogen and oxygen atoms in total. The maximum atomic E-state index is 9.43. The zero-order valence-corrected chi connectivity index (χ0v) is 26.2. The first-order valence-electron chi connectivity index (χ1n) is 16.3. The van der Waals surface area contributed by atoms with Crippen molar-refractivity contribution in [1.82, 2.24) is 0 Å². The van der Waals surface area contributed by atoms with E-state index >= 15 is 0 Å². The molecule has 9 aromatic rings. The first kappa shape index (κ1) is 27.8. The third-order valence-electron chi connectivity index (χ3n) is 9.65. The van der Waals surface area contributed by atoms with Gasteiger partial charge in [-0.05, 0) is 124 Å². The van der Waals surface area contributed by atoms with Crippen molar-refractivity contribution in [3.05, 3.63) is 181 Å². The van der Waals surface area contributed by atoms with E-state index < -0.39 is 0 Å². The van der Waals surface area contributed by atoms with Gasteiger partial charge in [0, 0.05) is 0 Å². The van der Waals surface area contributed by atoms with Gasteiger partial charge in [0.1, 0.15) is 0 Å². The van der Waals surface area contributed by atoms with Gasteiger partial charge in [0.25, 0.3) is 0 Å². The van der Waals surface area contributed by atoms with E-state index in [1.807, 2.05) is 24.3 Å². The van der Waals surface area contributed by atoms with E-state index in [1.54, 1.807) is 0 Å². The number of rotatable bonds is 4. The maximum Gasteiger partial charge on any atom is 0.0991 e. The van der Waals surface area contributed by atoms with E-state index in [1.165, 1.54) is 76.5 Å². The molecule has 0 spiro atoms. The number of benzene rings is 9. The molecule has 9 aromatic carbocycles. The highest BCUT2D eigenvalue weighted by atomic mass is 14.2. The molecule has 0 aliphatic heterocycles. The molecule has 0 N–H and O–H groups in total. The van der Waals surface area contributed by atoms with Crippen LogP contribution in [0.15, 0.2) is 176 Å². The smallest absolute Gasteiger partial charge is 0.0991 e. The summed E-state index contributed by atoms with van der Waals surface area (Å²) in [6.07, 6.45) is 0. The lowest BCUT2D eigenvalue weighted by molar-refractivity contribution is 1.48. The summed E-state index contributed by atoms with van der Waals surface area (Å²) in [5.41, 5.74) is 10.1. The van der Waals surface area contributed by atoms with Gasteiger partial charge in [0.2, 0.25) is 0 Å². The van der Waals surface area contributed by atoms with Gasteiger partial charge in [-0.25, -0.2) is 0 Å². The average Bonchev–Trinajstić information content (AvgIpc) is 3.16. The van der Waals surface area contributed by atoms with Crippen LogP contribution < -0.4 is 0 Å². The van der Waals surface area contributed by atoms with Gasteiger partial charge in [-0.1, -0.05) is 140 Å². The molecular weight excluding hydrogens is 579 g/mol. The molecule has 0 saturated heterocycles. The van der Waals surface area contributed by atoms with Gasteiger partial charge in [0.15, 0.2) is 0 Å². The topological polar surface area (TPSA) is 23.8 Å². The Morgan fingerprint density at radius 2 is 0.708 bits per heavy atom. The fraction of sp³-hybridized carbons (Fsp3) is 0. The maximum absolute atomic E-state index is 9.43. The largest absolute Gasteiger partial charge is 0.192 e. The van der Waals surface area contributed by atoms with Crippen LogP contribution in [0.1, 0.15) is 5.56 Å². The summed E-state index contributed by atoms with van der Waals surface area (Å²) in [6, 6.07) is 65.5. The monoisotopic (exact) mass is 607 g/mol. The van der Waals surface area contributed by atoms with E-state index in [9.17, 15) is 5.26 Å². The van der Waals surface area contributed by atoms with E-state index in [2.05, 4.69) is 158 Å². The highest BCUT2D eigenvalue weighted by Gasteiger charge is 2.19. The van der Waals surface area contributed by atoms with Crippen molar-refractivity contribution >= 4 is 43.1 Å². The number of nitrogens with zero attached hydrogens (tertiary/aromatic N) is 1. The van der Waals surface area contributed by atoms with E-state index in [0.717, 1.165) is 11.1 Å². The zero-order valence-electron chi connectivity index (χ0n) is 26.2. The normalized spacial score (nSPS) is 11.3. The fourth-order valence-corrected chi connectivity index (χ4v) is 7.27. The zero-order chi connectivity index (χ0) is 32.0. The summed E-state index contributed by atoms with van der Waals surface area (Å²) in [7, 11) is 0. The third kappa shape index (κ3) is 4.71. The minimum absolute atomic E-state index is 0.662. The molecule has 222 valence electrons. The first-order valence-corrected chi connectivity index (χ1v) is 16.3. The van der Waals surface area contributed by atoms with E-state index in [4.69, 9.17) is 0 Å². The van der Waals surface area contributed by atoms with Crippen LogP contribution in [0, 0.1) is 11.3 Å². The van der Waals surface area contributed by atoms with E-state index in [-0.39, 0.29) is 0 Å². The van der Waals surface area contributed by atoms with Crippen LogP contribution in [-0.4, -0.2) is 0 Å². The van der Waals surface area contributed by atoms with Crippen LogP contribution in [0.3, 0.4) is 0 Å². The standard InChI is InChI=1S/C47H29N/c48-30-31-14-16-35(17-15-31)39-23-25-43-45(29-39)47(41-21-19-34-11-5-7-13-37(34)27-41)42-24-22-38(32-8-2-1-3-9-32)28-44(42)46(43)40-20-18-33-10-4-6-12-36(33)26-40/h1-29H. The second kappa shape index (κ2) is 11.4. The van der Waals surface area contributed by atoms with Crippen molar-refractivity contribution in [2.45, 2.75) is 0 Å². The highest BCUT2D eigenvalue weighted by molar-refractivity contribution is 6.23. The predicted octanol–water partition coefficient (Wildman–Crippen LogP) is 12.8. The number of fused-ring (bicyclic) bond motifs is 4. The summed E-state index contributed by atoms with van der Waals surface area (Å²) in [4.78, 5) is 0. The van der Waals surface area contributed by atoms with E-state index in [0.29, 0.717) is 5.56 Å². The Morgan fingerprint density at radius 3 is 1.21 bits per heavy atom. The molecule has 0 amide bonds. The molecule has 0 heterocycles. The number of hydrogen-bond acceptors (Lipinski definition) is 1. The summed E-state index contributed by atoms with van der Waals surface area (Å²) in [6.45, 7) is 0. The molecule has 0 bridgehead atoms. The minimum Gasteiger partial charge on any atom is -0.192 e. The van der Waals surface area contributed by atoms with Crippen molar-refractivity contribution in [3.8, 4) is 50.6 Å². The lowest BCUT2D eigenvalue weighted by atomic mass is 9.83.